The maximum absolute atomic E-state index is 4.27. The summed E-state index contributed by atoms with van der Waals surface area (Å²) in [5, 5.41) is 0. The van der Waals surface area contributed by atoms with Gasteiger partial charge in [-0.05, 0) is 88.8 Å². The van der Waals surface area contributed by atoms with Crippen LogP contribution in [0.15, 0.2) is 66.1 Å². The van der Waals surface area contributed by atoms with E-state index in [1.54, 1.807) is 0 Å². The van der Waals surface area contributed by atoms with Gasteiger partial charge in [0.2, 0.25) is 0 Å². The summed E-state index contributed by atoms with van der Waals surface area (Å²) in [7, 11) is 0. The third kappa shape index (κ3) is 7.51. The van der Waals surface area contributed by atoms with Crippen LogP contribution < -0.4 is 0 Å². The predicted molar refractivity (Wildman–Crippen MR) is 141 cm³/mol. The molecule has 1 unspecified atom stereocenters. The summed E-state index contributed by atoms with van der Waals surface area (Å²) in [6.45, 7) is 30.2. The van der Waals surface area contributed by atoms with Gasteiger partial charge in [0, 0.05) is 5.75 Å². The van der Waals surface area contributed by atoms with E-state index in [1.165, 1.54) is 32.7 Å². The number of benzene rings is 1. The van der Waals surface area contributed by atoms with Crippen LogP contribution in [-0.2, 0) is 18.6 Å². The Morgan fingerprint density at radius 1 is 1.10 bits per heavy atom. The van der Waals surface area contributed by atoms with Crippen molar-refractivity contribution in [3.63, 3.8) is 0 Å². The number of aryl methyl sites for hydroxylation is 1. The molecule has 1 rings (SSSR count). The minimum atomic E-state index is 0.273. The van der Waals surface area contributed by atoms with Gasteiger partial charge in [-0.2, -0.15) is 0 Å². The van der Waals surface area contributed by atoms with Crippen molar-refractivity contribution in [2.75, 3.05) is 0 Å². The van der Waals surface area contributed by atoms with E-state index < -0.39 is 0 Å². The Morgan fingerprint density at radius 3 is 2.20 bits per heavy atom. The average molecular weight is 423 g/mol. The van der Waals surface area contributed by atoms with E-state index >= 15 is 0 Å². The zero-order valence-electron chi connectivity index (χ0n) is 20.6. The summed E-state index contributed by atoms with van der Waals surface area (Å²) in [6, 6.07) is 4.87. The average Bonchev–Trinajstić information content (AvgIpc) is 2.66. The van der Waals surface area contributed by atoms with Crippen LogP contribution in [0.5, 0.6) is 0 Å². The first-order valence-corrected chi connectivity index (χ1v) is 12.0. The molecule has 0 N–H and O–H groups in total. The maximum atomic E-state index is 4.27. The summed E-state index contributed by atoms with van der Waals surface area (Å²) < 4.78 is 0. The van der Waals surface area contributed by atoms with Crippen molar-refractivity contribution >= 4 is 17.3 Å². The van der Waals surface area contributed by atoms with Gasteiger partial charge in [0.25, 0.3) is 0 Å². The van der Waals surface area contributed by atoms with Crippen molar-refractivity contribution < 1.29 is 0 Å². The fourth-order valence-electron chi connectivity index (χ4n) is 3.43. The minimum absolute atomic E-state index is 0.273. The van der Waals surface area contributed by atoms with Gasteiger partial charge in [-0.3, -0.25) is 0 Å². The second-order valence-corrected chi connectivity index (χ2v) is 10.7. The minimum Gasteiger partial charge on any atom is -0.127 e. The van der Waals surface area contributed by atoms with E-state index in [2.05, 4.69) is 92.5 Å². The van der Waals surface area contributed by atoms with Crippen LogP contribution >= 0.6 is 11.8 Å². The highest BCUT2D eigenvalue weighted by atomic mass is 32.2. The zero-order chi connectivity index (χ0) is 23.1. The third-order valence-corrected chi connectivity index (χ3v) is 6.95. The second kappa shape index (κ2) is 11.6. The fraction of sp³-hybridized carbons (Fsp3) is 0.448. The van der Waals surface area contributed by atoms with Crippen LogP contribution in [0.25, 0.3) is 5.57 Å². The summed E-state index contributed by atoms with van der Waals surface area (Å²) >= 11 is 1.84. The number of hydrogen-bond acceptors (Lipinski definition) is 1. The van der Waals surface area contributed by atoms with Gasteiger partial charge in [0.15, 0.2) is 0 Å². The molecule has 0 aliphatic carbocycles. The zero-order valence-corrected chi connectivity index (χ0v) is 21.4. The molecule has 0 saturated carbocycles. The molecule has 0 bridgehead atoms. The molecule has 1 aromatic rings. The molecule has 0 spiro atoms. The highest BCUT2D eigenvalue weighted by Crippen LogP contribution is 2.34. The lowest BCUT2D eigenvalue weighted by molar-refractivity contribution is 0.260. The highest BCUT2D eigenvalue weighted by Gasteiger charge is 2.22. The predicted octanol–water partition coefficient (Wildman–Crippen LogP) is 9.33. The lowest BCUT2D eigenvalue weighted by Crippen LogP contribution is -2.20. The molecule has 1 heteroatoms. The highest BCUT2D eigenvalue weighted by molar-refractivity contribution is 8.02. The molecule has 0 heterocycles. The first-order valence-electron chi connectivity index (χ1n) is 11.0. The van der Waals surface area contributed by atoms with Crippen LogP contribution in [0, 0.1) is 11.3 Å². The Morgan fingerprint density at radius 2 is 1.73 bits per heavy atom. The summed E-state index contributed by atoms with van der Waals surface area (Å²) in [6.07, 6.45) is 8.26. The molecule has 0 radical (unpaired) electrons. The van der Waals surface area contributed by atoms with E-state index in [0.717, 1.165) is 29.7 Å². The Bertz CT molecular complexity index is 840. The first-order chi connectivity index (χ1) is 13.9. The van der Waals surface area contributed by atoms with Gasteiger partial charge in [-0.25, -0.2) is 0 Å². The van der Waals surface area contributed by atoms with E-state index in [9.17, 15) is 0 Å². The standard InChI is InChI=1S/C29H42S/c1-12-24(13-2)21(6)15-22(7)28-18-25(14-3)27(19-30-20(4)5)17-26(28)16-23(8)29(9,10)11/h12-13,15,17-18,23H,1,4,6,14,16,19H2,2-3,5,7-11H3/b22-15+,24-13-. The number of allylic oxidation sites excluding steroid dienone is 7. The van der Waals surface area contributed by atoms with Crippen LogP contribution in [-0.4, -0.2) is 0 Å². The maximum Gasteiger partial charge on any atom is 0.0231 e. The van der Waals surface area contributed by atoms with Crippen molar-refractivity contribution in [1.29, 1.82) is 0 Å². The topological polar surface area (TPSA) is 0 Å². The molecule has 0 aromatic heterocycles. The fourth-order valence-corrected chi connectivity index (χ4v) is 4.10. The lowest BCUT2D eigenvalue weighted by atomic mass is 9.77. The summed E-state index contributed by atoms with van der Waals surface area (Å²) in [5.74, 6) is 1.57. The largest absolute Gasteiger partial charge is 0.127 e. The van der Waals surface area contributed by atoms with Crippen molar-refractivity contribution in [2.45, 2.75) is 74.0 Å². The smallest absolute Gasteiger partial charge is 0.0231 e. The Hall–Kier alpha value is -1.73. The Kier molecular flexibility index (Phi) is 10.2. The van der Waals surface area contributed by atoms with Gasteiger partial charge >= 0.3 is 0 Å². The molecule has 1 atom stereocenters. The summed E-state index contributed by atoms with van der Waals surface area (Å²) in [5.41, 5.74) is 9.31. The van der Waals surface area contributed by atoms with Crippen molar-refractivity contribution in [3.8, 4) is 0 Å². The molecular formula is C29H42S. The molecule has 164 valence electrons. The molecule has 0 amide bonds. The van der Waals surface area contributed by atoms with E-state index in [1.807, 2.05) is 24.8 Å². The van der Waals surface area contributed by atoms with E-state index in [0.29, 0.717) is 5.92 Å². The number of thioether (sulfide) groups is 1. The molecule has 30 heavy (non-hydrogen) atoms. The molecule has 0 aliphatic rings. The SMILES string of the molecule is C=C/C(=C/C)C(=C)/C=C(\C)c1cc(CC)c(CSC(=C)C)cc1CC(C)C(C)(C)C. The molecular weight excluding hydrogens is 380 g/mol. The van der Waals surface area contributed by atoms with Crippen molar-refractivity contribution in [3.05, 3.63) is 88.4 Å². The van der Waals surface area contributed by atoms with Gasteiger partial charge < -0.3 is 0 Å². The quantitative estimate of drug-likeness (QED) is 0.338. The lowest BCUT2D eigenvalue weighted by Gasteiger charge is -2.29. The molecule has 1 aromatic carbocycles. The van der Waals surface area contributed by atoms with Crippen LogP contribution in [0.3, 0.4) is 0 Å². The van der Waals surface area contributed by atoms with Gasteiger partial charge in [-0.1, -0.05) is 84.7 Å². The third-order valence-electron chi connectivity index (χ3n) is 6.00. The molecule has 0 nitrogen and oxygen atoms in total. The number of rotatable bonds is 10. The van der Waals surface area contributed by atoms with Gasteiger partial charge in [-0.15, -0.1) is 11.8 Å². The van der Waals surface area contributed by atoms with Crippen LogP contribution in [0.1, 0.15) is 77.6 Å². The normalized spacial score (nSPS) is 13.9. The number of hydrogen-bond donors (Lipinski definition) is 0. The van der Waals surface area contributed by atoms with E-state index in [4.69, 9.17) is 0 Å². The van der Waals surface area contributed by atoms with Gasteiger partial charge in [0.1, 0.15) is 0 Å². The Balaban J connectivity index is 3.54. The van der Waals surface area contributed by atoms with Crippen molar-refractivity contribution in [2.24, 2.45) is 11.3 Å². The molecule has 0 aliphatic heterocycles. The first kappa shape index (κ1) is 26.3. The monoisotopic (exact) mass is 422 g/mol. The van der Waals surface area contributed by atoms with Crippen LogP contribution in [0.4, 0.5) is 0 Å². The summed E-state index contributed by atoms with van der Waals surface area (Å²) in [4.78, 5) is 1.17. The van der Waals surface area contributed by atoms with Crippen molar-refractivity contribution in [1.82, 2.24) is 0 Å². The van der Waals surface area contributed by atoms with Crippen LogP contribution in [0.2, 0.25) is 0 Å². The molecule has 0 saturated heterocycles. The molecule has 0 fully saturated rings. The van der Waals surface area contributed by atoms with Gasteiger partial charge in [0.05, 0.1) is 0 Å². The van der Waals surface area contributed by atoms with E-state index in [-0.39, 0.29) is 5.41 Å². The second-order valence-electron chi connectivity index (χ2n) is 9.39. The Labute approximate surface area is 191 Å².